The summed E-state index contributed by atoms with van der Waals surface area (Å²) in [5.41, 5.74) is 2.51. The average molecular weight is 370 g/mol. The number of aromatic nitrogens is 2. The van der Waals surface area contributed by atoms with Crippen LogP contribution >= 0.6 is 11.6 Å². The first kappa shape index (κ1) is 16.5. The number of ether oxygens (including phenoxy) is 2. The van der Waals surface area contributed by atoms with Gasteiger partial charge in [-0.2, -0.15) is 5.10 Å². The fourth-order valence-corrected chi connectivity index (χ4v) is 2.85. The number of carbonyl (C=O) groups is 1. The van der Waals surface area contributed by atoms with Gasteiger partial charge in [-0.3, -0.25) is 9.48 Å². The normalized spacial score (nSPS) is 12.2. The van der Waals surface area contributed by atoms with Crippen molar-refractivity contribution in [2.24, 2.45) is 0 Å². The maximum atomic E-state index is 12.5. The Labute approximate surface area is 155 Å². The summed E-state index contributed by atoms with van der Waals surface area (Å²) in [5.74, 6) is 1.46. The highest BCUT2D eigenvalue weighted by molar-refractivity contribution is 6.30. The Bertz CT molecular complexity index is 967. The van der Waals surface area contributed by atoms with E-state index in [1.165, 1.54) is 0 Å². The fraction of sp³-hybridized carbons (Fsp3) is 0.158. The van der Waals surface area contributed by atoms with E-state index < -0.39 is 0 Å². The molecule has 0 aliphatic carbocycles. The Balaban J connectivity index is 1.48. The van der Waals surface area contributed by atoms with Gasteiger partial charge in [-0.1, -0.05) is 23.7 Å². The van der Waals surface area contributed by atoms with Crippen LogP contribution in [-0.4, -0.2) is 22.5 Å². The van der Waals surface area contributed by atoms with Crippen LogP contribution in [0.1, 0.15) is 21.6 Å². The molecular weight excluding hydrogens is 354 g/mol. The second-order valence-corrected chi connectivity index (χ2v) is 6.41. The van der Waals surface area contributed by atoms with E-state index >= 15 is 0 Å². The summed E-state index contributed by atoms with van der Waals surface area (Å²) in [6, 6.07) is 14.5. The summed E-state index contributed by atoms with van der Waals surface area (Å²) in [7, 11) is 0. The van der Waals surface area contributed by atoms with Crippen LogP contribution in [-0.2, 0) is 6.54 Å². The van der Waals surface area contributed by atoms with Gasteiger partial charge in [0.15, 0.2) is 17.3 Å². The molecule has 132 valence electrons. The molecule has 4 rings (SSSR count). The molecule has 1 amide bonds. The highest BCUT2D eigenvalue weighted by Crippen LogP contribution is 2.32. The molecule has 0 saturated carbocycles. The highest BCUT2D eigenvalue weighted by Gasteiger charge is 2.17. The van der Waals surface area contributed by atoms with E-state index in [1.54, 1.807) is 18.2 Å². The summed E-state index contributed by atoms with van der Waals surface area (Å²) in [5, 5.41) is 7.98. The molecule has 26 heavy (non-hydrogen) atoms. The molecule has 0 radical (unpaired) electrons. The van der Waals surface area contributed by atoms with Gasteiger partial charge < -0.3 is 14.8 Å². The van der Waals surface area contributed by atoms with Gasteiger partial charge in [0, 0.05) is 22.3 Å². The number of aryl methyl sites for hydroxylation is 1. The van der Waals surface area contributed by atoms with Gasteiger partial charge in [0.05, 0.1) is 6.54 Å². The Kier molecular flexibility index (Phi) is 4.26. The van der Waals surface area contributed by atoms with E-state index in [1.807, 2.05) is 41.9 Å². The zero-order chi connectivity index (χ0) is 18.1. The van der Waals surface area contributed by atoms with Crippen LogP contribution in [0.15, 0.2) is 48.5 Å². The molecule has 0 unspecified atom stereocenters. The van der Waals surface area contributed by atoms with Crippen molar-refractivity contribution in [1.82, 2.24) is 9.78 Å². The zero-order valence-corrected chi connectivity index (χ0v) is 14.8. The number of hydrogen-bond acceptors (Lipinski definition) is 4. The third-order valence-electron chi connectivity index (χ3n) is 4.10. The molecule has 0 spiro atoms. The molecule has 0 fully saturated rings. The molecular formula is C19H16ClN3O3. The molecule has 6 nitrogen and oxygen atoms in total. The number of anilines is 1. The molecule has 0 atom stereocenters. The lowest BCUT2D eigenvalue weighted by Gasteiger charge is -2.05. The molecule has 1 aliphatic heterocycles. The quantitative estimate of drug-likeness (QED) is 0.758. The van der Waals surface area contributed by atoms with E-state index in [-0.39, 0.29) is 12.7 Å². The summed E-state index contributed by atoms with van der Waals surface area (Å²) in [4.78, 5) is 12.5. The Morgan fingerprint density at radius 3 is 2.73 bits per heavy atom. The van der Waals surface area contributed by atoms with E-state index in [9.17, 15) is 4.79 Å². The lowest BCUT2D eigenvalue weighted by atomic mass is 10.2. The van der Waals surface area contributed by atoms with Crippen LogP contribution in [0.25, 0.3) is 0 Å². The number of nitrogens with zero attached hydrogens (tertiary/aromatic N) is 2. The predicted molar refractivity (Wildman–Crippen MR) is 98.0 cm³/mol. The zero-order valence-electron chi connectivity index (χ0n) is 14.0. The van der Waals surface area contributed by atoms with Crippen LogP contribution in [0.2, 0.25) is 5.02 Å². The van der Waals surface area contributed by atoms with E-state index in [2.05, 4.69) is 10.4 Å². The number of fused-ring (bicyclic) bond motifs is 1. The topological polar surface area (TPSA) is 65.4 Å². The number of hydrogen-bond donors (Lipinski definition) is 1. The third kappa shape index (κ3) is 3.36. The van der Waals surface area contributed by atoms with Crippen LogP contribution in [0.4, 0.5) is 5.82 Å². The van der Waals surface area contributed by atoms with Crippen molar-refractivity contribution in [2.45, 2.75) is 13.5 Å². The number of benzene rings is 2. The van der Waals surface area contributed by atoms with Crippen molar-refractivity contribution in [3.8, 4) is 11.5 Å². The molecule has 0 saturated heterocycles. The molecule has 3 aromatic rings. The monoisotopic (exact) mass is 369 g/mol. The van der Waals surface area contributed by atoms with Gasteiger partial charge in [0.25, 0.3) is 5.91 Å². The van der Waals surface area contributed by atoms with E-state index in [4.69, 9.17) is 21.1 Å². The number of amides is 1. The molecule has 2 heterocycles. The van der Waals surface area contributed by atoms with Crippen molar-refractivity contribution in [1.29, 1.82) is 0 Å². The average Bonchev–Trinajstić information content (AvgIpc) is 3.23. The first-order chi connectivity index (χ1) is 12.6. The van der Waals surface area contributed by atoms with Crippen LogP contribution < -0.4 is 14.8 Å². The van der Waals surface area contributed by atoms with Gasteiger partial charge in [0.2, 0.25) is 6.79 Å². The van der Waals surface area contributed by atoms with Gasteiger partial charge in [-0.05, 0) is 42.8 Å². The van der Waals surface area contributed by atoms with Crippen LogP contribution in [0, 0.1) is 6.92 Å². The molecule has 7 heteroatoms. The van der Waals surface area contributed by atoms with Crippen molar-refractivity contribution in [3.05, 3.63) is 70.4 Å². The summed E-state index contributed by atoms with van der Waals surface area (Å²) < 4.78 is 12.4. The molecule has 1 N–H and O–H groups in total. The number of carbonyl (C=O) groups excluding carboxylic acids is 1. The van der Waals surface area contributed by atoms with Gasteiger partial charge in [-0.15, -0.1) is 0 Å². The maximum absolute atomic E-state index is 12.5. The highest BCUT2D eigenvalue weighted by atomic mass is 35.5. The Morgan fingerprint density at radius 2 is 1.92 bits per heavy atom. The fourth-order valence-electron chi connectivity index (χ4n) is 2.72. The lowest BCUT2D eigenvalue weighted by Crippen LogP contribution is -2.13. The minimum atomic E-state index is -0.251. The van der Waals surface area contributed by atoms with Gasteiger partial charge in [0.1, 0.15) is 0 Å². The maximum Gasteiger partial charge on any atom is 0.257 e. The Morgan fingerprint density at radius 1 is 1.15 bits per heavy atom. The van der Waals surface area contributed by atoms with Crippen LogP contribution in [0.3, 0.4) is 0 Å². The number of nitrogens with one attached hydrogen (secondary N) is 1. The van der Waals surface area contributed by atoms with E-state index in [0.29, 0.717) is 34.4 Å². The summed E-state index contributed by atoms with van der Waals surface area (Å²) in [6.45, 7) is 2.72. The van der Waals surface area contributed by atoms with Crippen molar-refractivity contribution < 1.29 is 14.3 Å². The summed E-state index contributed by atoms with van der Waals surface area (Å²) >= 11 is 5.91. The lowest BCUT2D eigenvalue weighted by molar-refractivity contribution is 0.102. The minimum absolute atomic E-state index is 0.175. The van der Waals surface area contributed by atoms with Gasteiger partial charge >= 0.3 is 0 Å². The van der Waals surface area contributed by atoms with Crippen molar-refractivity contribution in [2.75, 3.05) is 12.1 Å². The van der Waals surface area contributed by atoms with Gasteiger partial charge in [-0.25, -0.2) is 0 Å². The minimum Gasteiger partial charge on any atom is -0.454 e. The number of halogens is 1. The first-order valence-corrected chi connectivity index (χ1v) is 8.46. The predicted octanol–water partition coefficient (Wildman–Crippen LogP) is 3.87. The van der Waals surface area contributed by atoms with Crippen molar-refractivity contribution >= 4 is 23.3 Å². The standard InChI is InChI=1S/C19H16ClN3O3/c1-12-8-18(22-23(12)10-13-2-5-15(20)6-3-13)21-19(24)14-4-7-16-17(9-14)26-11-25-16/h2-9H,10-11H2,1H3,(H,21,22,24). The number of rotatable bonds is 4. The van der Waals surface area contributed by atoms with Crippen molar-refractivity contribution in [3.63, 3.8) is 0 Å². The largest absolute Gasteiger partial charge is 0.454 e. The molecule has 1 aromatic heterocycles. The molecule has 2 aromatic carbocycles. The second kappa shape index (κ2) is 6.72. The first-order valence-electron chi connectivity index (χ1n) is 8.08. The van der Waals surface area contributed by atoms with E-state index in [0.717, 1.165) is 11.3 Å². The smallest absolute Gasteiger partial charge is 0.257 e. The summed E-state index contributed by atoms with van der Waals surface area (Å²) in [6.07, 6.45) is 0. The Hall–Kier alpha value is -2.99. The van der Waals surface area contributed by atoms with Crippen LogP contribution in [0.5, 0.6) is 11.5 Å². The SMILES string of the molecule is Cc1cc(NC(=O)c2ccc3c(c2)OCO3)nn1Cc1ccc(Cl)cc1. The molecule has 1 aliphatic rings. The second-order valence-electron chi connectivity index (χ2n) is 5.98. The molecule has 0 bridgehead atoms. The third-order valence-corrected chi connectivity index (χ3v) is 4.36.